The third-order valence-electron chi connectivity index (χ3n) is 3.44. The molecule has 2 heteroatoms. The van der Waals surface area contributed by atoms with Gasteiger partial charge in [0.2, 0.25) is 0 Å². The Kier molecular flexibility index (Phi) is 1.23. The largest absolute Gasteiger partial charge is 0.393 e. The molecule has 0 bridgehead atoms. The summed E-state index contributed by atoms with van der Waals surface area (Å²) < 4.78 is 0. The lowest BCUT2D eigenvalue weighted by atomic mass is 9.56. The molecular weight excluding hydrogens is 140 g/mol. The van der Waals surface area contributed by atoms with Crippen molar-refractivity contribution in [1.82, 2.24) is 0 Å². The van der Waals surface area contributed by atoms with Gasteiger partial charge < -0.3 is 5.11 Å². The zero-order chi connectivity index (χ0) is 8.22. The van der Waals surface area contributed by atoms with Gasteiger partial charge >= 0.3 is 0 Å². The normalized spacial score (nSPS) is 46.8. The lowest BCUT2D eigenvalue weighted by Crippen LogP contribution is -2.51. The average molecular weight is 154 g/mol. The summed E-state index contributed by atoms with van der Waals surface area (Å²) in [4.78, 5) is 11.4. The topological polar surface area (TPSA) is 37.3 Å². The van der Waals surface area contributed by atoms with Crippen LogP contribution in [0.1, 0.15) is 26.7 Å². The van der Waals surface area contributed by atoms with E-state index in [0.29, 0.717) is 18.1 Å². The minimum Gasteiger partial charge on any atom is -0.393 e. The average Bonchev–Trinajstić information content (AvgIpc) is 2.29. The number of carbonyl (C=O) groups is 1. The van der Waals surface area contributed by atoms with Crippen molar-refractivity contribution in [1.29, 1.82) is 0 Å². The summed E-state index contributed by atoms with van der Waals surface area (Å²) >= 11 is 0. The predicted octanol–water partition coefficient (Wildman–Crippen LogP) is 0.982. The van der Waals surface area contributed by atoms with E-state index in [4.69, 9.17) is 0 Å². The Morgan fingerprint density at radius 2 is 2.09 bits per heavy atom. The van der Waals surface area contributed by atoms with Crippen molar-refractivity contribution in [2.45, 2.75) is 32.8 Å². The van der Waals surface area contributed by atoms with Crippen molar-refractivity contribution >= 4 is 5.78 Å². The molecule has 3 unspecified atom stereocenters. The van der Waals surface area contributed by atoms with Gasteiger partial charge in [0.25, 0.3) is 0 Å². The van der Waals surface area contributed by atoms with Crippen LogP contribution >= 0.6 is 0 Å². The van der Waals surface area contributed by atoms with Crippen molar-refractivity contribution in [2.75, 3.05) is 0 Å². The summed E-state index contributed by atoms with van der Waals surface area (Å²) in [6.07, 6.45) is 1.34. The number of ketones is 1. The molecule has 0 amide bonds. The Morgan fingerprint density at radius 3 is 2.64 bits per heavy atom. The molecule has 0 aromatic carbocycles. The summed E-state index contributed by atoms with van der Waals surface area (Å²) in [6.45, 7) is 3.99. The number of rotatable bonds is 0. The molecule has 0 radical (unpaired) electrons. The lowest BCUT2D eigenvalue weighted by molar-refractivity contribution is -0.150. The van der Waals surface area contributed by atoms with Crippen molar-refractivity contribution in [3.8, 4) is 0 Å². The predicted molar refractivity (Wildman–Crippen MR) is 41.0 cm³/mol. The second-order valence-corrected chi connectivity index (χ2v) is 4.42. The molecule has 2 rings (SSSR count). The highest BCUT2D eigenvalue weighted by Crippen LogP contribution is 2.55. The first-order valence-electron chi connectivity index (χ1n) is 4.26. The van der Waals surface area contributed by atoms with Crippen LogP contribution in [0, 0.1) is 17.3 Å². The van der Waals surface area contributed by atoms with Gasteiger partial charge in [-0.15, -0.1) is 0 Å². The monoisotopic (exact) mass is 154 g/mol. The van der Waals surface area contributed by atoms with Gasteiger partial charge in [0.1, 0.15) is 5.78 Å². The highest BCUT2D eigenvalue weighted by atomic mass is 16.3. The Balaban J connectivity index is 2.20. The molecule has 2 aliphatic rings. The van der Waals surface area contributed by atoms with Crippen molar-refractivity contribution in [3.63, 3.8) is 0 Å². The van der Waals surface area contributed by atoms with Crippen molar-refractivity contribution < 1.29 is 9.90 Å². The van der Waals surface area contributed by atoms with E-state index >= 15 is 0 Å². The molecule has 2 fully saturated rings. The maximum Gasteiger partial charge on any atom is 0.142 e. The fourth-order valence-corrected chi connectivity index (χ4v) is 2.66. The maximum absolute atomic E-state index is 11.4. The number of Topliss-reactive ketones (excluding diaryl/α,β-unsaturated/α-hetero) is 1. The molecule has 0 aromatic heterocycles. The zero-order valence-electron chi connectivity index (χ0n) is 7.00. The number of aliphatic hydroxyl groups is 1. The Labute approximate surface area is 66.6 Å². The fraction of sp³-hybridized carbons (Fsp3) is 0.889. The highest BCUT2D eigenvalue weighted by molar-refractivity contribution is 5.93. The van der Waals surface area contributed by atoms with Crippen molar-refractivity contribution in [3.05, 3.63) is 0 Å². The minimum atomic E-state index is -0.212. The first-order valence-corrected chi connectivity index (χ1v) is 4.26. The minimum absolute atomic E-state index is 0.137. The Morgan fingerprint density at radius 1 is 1.45 bits per heavy atom. The Hall–Kier alpha value is -0.370. The first-order chi connectivity index (χ1) is 5.03. The molecule has 0 aromatic rings. The molecule has 11 heavy (non-hydrogen) atoms. The van der Waals surface area contributed by atoms with E-state index in [1.54, 1.807) is 0 Å². The van der Waals surface area contributed by atoms with E-state index in [9.17, 15) is 9.90 Å². The van der Waals surface area contributed by atoms with Gasteiger partial charge in [-0.25, -0.2) is 0 Å². The third-order valence-corrected chi connectivity index (χ3v) is 3.44. The summed E-state index contributed by atoms with van der Waals surface area (Å²) in [5.74, 6) is 1.02. The number of hydrogen-bond acceptors (Lipinski definition) is 2. The van der Waals surface area contributed by atoms with Crippen LogP contribution in [-0.2, 0) is 4.79 Å². The third kappa shape index (κ3) is 0.734. The van der Waals surface area contributed by atoms with Gasteiger partial charge in [-0.2, -0.15) is 0 Å². The van der Waals surface area contributed by atoms with Gasteiger partial charge in [0.15, 0.2) is 0 Å². The van der Waals surface area contributed by atoms with Crippen LogP contribution in [0.15, 0.2) is 0 Å². The smallest absolute Gasteiger partial charge is 0.142 e. The second kappa shape index (κ2) is 1.86. The van der Waals surface area contributed by atoms with Crippen LogP contribution in [-0.4, -0.2) is 17.0 Å². The SMILES string of the molecule is CC1(C)C(=O)C2CC(O)CC21. The van der Waals surface area contributed by atoms with Crippen LogP contribution in [0.4, 0.5) is 0 Å². The van der Waals surface area contributed by atoms with E-state index < -0.39 is 0 Å². The van der Waals surface area contributed by atoms with Crippen LogP contribution < -0.4 is 0 Å². The van der Waals surface area contributed by atoms with Gasteiger partial charge in [-0.1, -0.05) is 13.8 Å². The van der Waals surface area contributed by atoms with Gasteiger partial charge in [0.05, 0.1) is 6.10 Å². The van der Waals surface area contributed by atoms with Crippen LogP contribution in [0.5, 0.6) is 0 Å². The summed E-state index contributed by atoms with van der Waals surface area (Å²) in [5.41, 5.74) is -0.137. The molecule has 0 aliphatic heterocycles. The quantitative estimate of drug-likeness (QED) is 0.564. The summed E-state index contributed by atoms with van der Waals surface area (Å²) in [6, 6.07) is 0. The zero-order valence-corrected chi connectivity index (χ0v) is 7.00. The molecule has 0 spiro atoms. The standard InChI is InChI=1S/C9H14O2/c1-9(2)7-4-5(10)3-6(7)8(9)11/h5-7,10H,3-4H2,1-2H3. The molecule has 1 N–H and O–H groups in total. The first kappa shape index (κ1) is 7.29. The van der Waals surface area contributed by atoms with Gasteiger partial charge in [0, 0.05) is 11.3 Å². The van der Waals surface area contributed by atoms with E-state index in [2.05, 4.69) is 0 Å². The van der Waals surface area contributed by atoms with Gasteiger partial charge in [-0.3, -0.25) is 4.79 Å². The van der Waals surface area contributed by atoms with E-state index in [1.165, 1.54) is 0 Å². The molecule has 2 saturated carbocycles. The Bertz CT molecular complexity index is 208. The van der Waals surface area contributed by atoms with Crippen LogP contribution in [0.2, 0.25) is 0 Å². The van der Waals surface area contributed by atoms with E-state index in [-0.39, 0.29) is 17.4 Å². The molecular formula is C9H14O2. The second-order valence-electron chi connectivity index (χ2n) is 4.42. The fourth-order valence-electron chi connectivity index (χ4n) is 2.66. The summed E-state index contributed by atoms with van der Waals surface area (Å²) in [7, 11) is 0. The lowest BCUT2D eigenvalue weighted by Gasteiger charge is -2.45. The van der Waals surface area contributed by atoms with E-state index in [1.807, 2.05) is 13.8 Å². The van der Waals surface area contributed by atoms with Crippen LogP contribution in [0.25, 0.3) is 0 Å². The summed E-state index contributed by atoms with van der Waals surface area (Å²) in [5, 5.41) is 9.31. The number of fused-ring (bicyclic) bond motifs is 1. The molecule has 2 aliphatic carbocycles. The molecule has 0 heterocycles. The maximum atomic E-state index is 11.4. The number of hydrogen-bond donors (Lipinski definition) is 1. The molecule has 2 nitrogen and oxygen atoms in total. The molecule has 3 atom stereocenters. The van der Waals surface area contributed by atoms with E-state index in [0.717, 1.165) is 6.42 Å². The number of carbonyl (C=O) groups excluding carboxylic acids is 1. The molecule has 0 saturated heterocycles. The highest BCUT2D eigenvalue weighted by Gasteiger charge is 2.59. The molecule has 62 valence electrons. The van der Waals surface area contributed by atoms with Crippen molar-refractivity contribution in [2.24, 2.45) is 17.3 Å². The van der Waals surface area contributed by atoms with Gasteiger partial charge in [-0.05, 0) is 18.8 Å². The van der Waals surface area contributed by atoms with Crippen LogP contribution in [0.3, 0.4) is 0 Å². The number of aliphatic hydroxyl groups excluding tert-OH is 1.